The van der Waals surface area contributed by atoms with E-state index in [9.17, 15) is 4.79 Å². The monoisotopic (exact) mass is 266 g/mol. The number of carbonyl (C=O) groups excluding carboxylic acids is 1. The van der Waals surface area contributed by atoms with E-state index in [0.29, 0.717) is 24.3 Å². The minimum absolute atomic E-state index is 0.521. The third kappa shape index (κ3) is 3.41. The normalized spacial score (nSPS) is 9.33. The molecule has 0 unspecified atom stereocenters. The van der Waals surface area contributed by atoms with Gasteiger partial charge >= 0.3 is 0 Å². The average molecular weight is 267 g/mol. The van der Waals surface area contributed by atoms with Crippen molar-refractivity contribution in [3.63, 3.8) is 0 Å². The molecule has 0 aromatic heterocycles. The second kappa shape index (κ2) is 6.26. The molecule has 3 heteroatoms. The van der Waals surface area contributed by atoms with E-state index in [1.165, 1.54) is 0 Å². The van der Waals surface area contributed by atoms with Crippen LogP contribution in [0.2, 0.25) is 0 Å². The van der Waals surface area contributed by atoms with Gasteiger partial charge in [0.15, 0.2) is 6.29 Å². The molecule has 0 saturated carbocycles. The summed E-state index contributed by atoms with van der Waals surface area (Å²) in [5.74, 6) is 3.12. The Labute approximate surface area is 97.8 Å². The van der Waals surface area contributed by atoms with Crippen molar-refractivity contribution >= 4 is 22.2 Å². The second-order valence-corrected chi connectivity index (χ2v) is 3.79. The molecule has 0 fully saturated rings. The quantitative estimate of drug-likeness (QED) is 0.465. The van der Waals surface area contributed by atoms with E-state index in [-0.39, 0.29) is 0 Å². The lowest BCUT2D eigenvalue weighted by molar-refractivity contribution is 0.111. The van der Waals surface area contributed by atoms with Crippen LogP contribution < -0.4 is 4.74 Å². The summed E-state index contributed by atoms with van der Waals surface area (Å²) in [6.45, 7) is 0.521. The maximum absolute atomic E-state index is 10.7. The number of terminal acetylenes is 1. The Balaban J connectivity index is 2.67. The zero-order chi connectivity index (χ0) is 11.1. The maximum Gasteiger partial charge on any atom is 0.153 e. The van der Waals surface area contributed by atoms with Gasteiger partial charge < -0.3 is 4.74 Å². The lowest BCUT2D eigenvalue weighted by Gasteiger charge is -2.09. The largest absolute Gasteiger partial charge is 0.492 e. The molecule has 0 bridgehead atoms. The van der Waals surface area contributed by atoms with Gasteiger partial charge in [-0.3, -0.25) is 4.79 Å². The predicted molar refractivity (Wildman–Crippen MR) is 63.1 cm³/mol. The van der Waals surface area contributed by atoms with Gasteiger partial charge in [0.05, 0.1) is 16.6 Å². The lowest BCUT2D eigenvalue weighted by Crippen LogP contribution is -2.00. The Morgan fingerprint density at radius 1 is 1.53 bits per heavy atom. The highest BCUT2D eigenvalue weighted by atomic mass is 79.9. The summed E-state index contributed by atoms with van der Waals surface area (Å²) >= 11 is 3.33. The molecule has 0 aliphatic rings. The van der Waals surface area contributed by atoms with Crippen molar-refractivity contribution in [1.29, 1.82) is 0 Å². The van der Waals surface area contributed by atoms with Crippen LogP contribution in [0.25, 0.3) is 0 Å². The minimum atomic E-state index is 0.521. The van der Waals surface area contributed by atoms with E-state index in [1.807, 2.05) is 6.07 Å². The fourth-order valence-electron chi connectivity index (χ4n) is 1.12. The molecule has 15 heavy (non-hydrogen) atoms. The van der Waals surface area contributed by atoms with Crippen molar-refractivity contribution in [2.45, 2.75) is 12.8 Å². The van der Waals surface area contributed by atoms with Gasteiger partial charge in [0.1, 0.15) is 5.75 Å². The Hall–Kier alpha value is -1.27. The van der Waals surface area contributed by atoms with Crippen LogP contribution in [0.5, 0.6) is 5.75 Å². The first-order chi connectivity index (χ1) is 7.29. The zero-order valence-corrected chi connectivity index (χ0v) is 9.79. The Kier molecular flexibility index (Phi) is 4.92. The van der Waals surface area contributed by atoms with Crippen molar-refractivity contribution in [2.24, 2.45) is 0 Å². The van der Waals surface area contributed by atoms with E-state index >= 15 is 0 Å². The molecule has 0 saturated heterocycles. The number of rotatable bonds is 5. The molecule has 0 amide bonds. The molecule has 0 atom stereocenters. The van der Waals surface area contributed by atoms with Crippen LogP contribution in [0.1, 0.15) is 23.2 Å². The number of hydrogen-bond donors (Lipinski definition) is 0. The topological polar surface area (TPSA) is 26.3 Å². The predicted octanol–water partition coefficient (Wildman–Crippen LogP) is 3.05. The third-order valence-corrected chi connectivity index (χ3v) is 2.46. The number of unbranched alkanes of at least 4 members (excludes halogenated alkanes) is 1. The molecule has 1 aromatic rings. The first kappa shape index (κ1) is 11.8. The van der Waals surface area contributed by atoms with Crippen LogP contribution in [0.4, 0.5) is 0 Å². The lowest BCUT2D eigenvalue weighted by atomic mass is 10.2. The standard InChI is InChI=1S/C12H11BrO2/c1-2-3-4-8-15-12-10(9-14)6-5-7-11(12)13/h1,5-7,9H,3-4,8H2. The van der Waals surface area contributed by atoms with Crippen LogP contribution in [0.3, 0.4) is 0 Å². The summed E-state index contributed by atoms with van der Waals surface area (Å²) in [7, 11) is 0. The number of aldehydes is 1. The molecule has 0 aliphatic heterocycles. The van der Waals surface area contributed by atoms with Crippen LogP contribution in [-0.4, -0.2) is 12.9 Å². The van der Waals surface area contributed by atoms with Crippen LogP contribution in [0, 0.1) is 12.3 Å². The molecule has 1 rings (SSSR count). The van der Waals surface area contributed by atoms with Gasteiger partial charge in [-0.05, 0) is 34.5 Å². The molecule has 0 aliphatic carbocycles. The third-order valence-electron chi connectivity index (χ3n) is 1.84. The van der Waals surface area contributed by atoms with Crippen molar-refractivity contribution in [3.8, 4) is 18.1 Å². The van der Waals surface area contributed by atoms with Crippen molar-refractivity contribution in [1.82, 2.24) is 0 Å². The molecule has 2 nitrogen and oxygen atoms in total. The van der Waals surface area contributed by atoms with Crippen molar-refractivity contribution in [3.05, 3.63) is 28.2 Å². The van der Waals surface area contributed by atoms with Crippen LogP contribution in [-0.2, 0) is 0 Å². The molecule has 0 radical (unpaired) electrons. The molecular weight excluding hydrogens is 256 g/mol. The minimum Gasteiger partial charge on any atom is -0.492 e. The summed E-state index contributed by atoms with van der Waals surface area (Å²) in [6, 6.07) is 5.35. The summed E-state index contributed by atoms with van der Waals surface area (Å²) in [5.41, 5.74) is 0.546. The number of carbonyl (C=O) groups is 1. The van der Waals surface area contributed by atoms with Crippen LogP contribution >= 0.6 is 15.9 Å². The van der Waals surface area contributed by atoms with Crippen molar-refractivity contribution in [2.75, 3.05) is 6.61 Å². The maximum atomic E-state index is 10.7. The van der Waals surface area contributed by atoms with E-state index in [4.69, 9.17) is 11.2 Å². The first-order valence-electron chi connectivity index (χ1n) is 4.59. The summed E-state index contributed by atoms with van der Waals surface area (Å²) < 4.78 is 6.27. The zero-order valence-electron chi connectivity index (χ0n) is 8.20. The summed E-state index contributed by atoms with van der Waals surface area (Å²) in [4.78, 5) is 10.7. The fourth-order valence-corrected chi connectivity index (χ4v) is 1.62. The van der Waals surface area contributed by atoms with Gasteiger partial charge in [-0.25, -0.2) is 0 Å². The Morgan fingerprint density at radius 3 is 3.00 bits per heavy atom. The summed E-state index contributed by atoms with van der Waals surface area (Å²) in [6.07, 6.45) is 7.37. The molecule has 78 valence electrons. The highest BCUT2D eigenvalue weighted by Crippen LogP contribution is 2.28. The second-order valence-electron chi connectivity index (χ2n) is 2.93. The van der Waals surface area contributed by atoms with Gasteiger partial charge in [0.2, 0.25) is 0 Å². The highest BCUT2D eigenvalue weighted by Gasteiger charge is 2.06. The van der Waals surface area contributed by atoms with Gasteiger partial charge in [-0.2, -0.15) is 0 Å². The van der Waals surface area contributed by atoms with Crippen molar-refractivity contribution < 1.29 is 9.53 Å². The molecular formula is C12H11BrO2. The smallest absolute Gasteiger partial charge is 0.153 e. The number of benzene rings is 1. The SMILES string of the molecule is C#CCCCOc1c(Br)cccc1C=O. The van der Waals surface area contributed by atoms with Gasteiger partial charge in [0, 0.05) is 6.42 Å². The Bertz CT molecular complexity index is 380. The fraction of sp³-hybridized carbons (Fsp3) is 0.250. The summed E-state index contributed by atoms with van der Waals surface area (Å²) in [5, 5.41) is 0. The van der Waals surface area contributed by atoms with Crippen LogP contribution in [0.15, 0.2) is 22.7 Å². The number of halogens is 1. The number of ether oxygens (including phenoxy) is 1. The number of hydrogen-bond acceptors (Lipinski definition) is 2. The molecule has 0 N–H and O–H groups in total. The molecule has 0 heterocycles. The van der Waals surface area contributed by atoms with Gasteiger partial charge in [-0.15, -0.1) is 12.3 Å². The molecule has 1 aromatic carbocycles. The average Bonchev–Trinajstić information content (AvgIpc) is 2.26. The van der Waals surface area contributed by atoms with E-state index < -0.39 is 0 Å². The van der Waals surface area contributed by atoms with E-state index in [2.05, 4.69) is 21.9 Å². The Morgan fingerprint density at radius 2 is 2.33 bits per heavy atom. The van der Waals surface area contributed by atoms with E-state index in [0.717, 1.165) is 17.2 Å². The highest BCUT2D eigenvalue weighted by molar-refractivity contribution is 9.10. The van der Waals surface area contributed by atoms with Gasteiger partial charge in [-0.1, -0.05) is 6.07 Å². The first-order valence-corrected chi connectivity index (χ1v) is 5.39. The van der Waals surface area contributed by atoms with Gasteiger partial charge in [0.25, 0.3) is 0 Å². The molecule has 0 spiro atoms. The van der Waals surface area contributed by atoms with E-state index in [1.54, 1.807) is 12.1 Å². The number of para-hydroxylation sites is 1.